The second-order valence-electron chi connectivity index (χ2n) is 3.01. The van der Waals surface area contributed by atoms with Gasteiger partial charge in [-0.3, -0.25) is 4.79 Å². The van der Waals surface area contributed by atoms with Crippen molar-refractivity contribution in [2.24, 2.45) is 0 Å². The zero-order valence-corrected chi connectivity index (χ0v) is 9.29. The van der Waals surface area contributed by atoms with Crippen molar-refractivity contribution in [3.05, 3.63) is 35.0 Å². The van der Waals surface area contributed by atoms with Crippen LogP contribution in [0.2, 0.25) is 0 Å². The van der Waals surface area contributed by atoms with Crippen LogP contribution < -0.4 is 0 Å². The fraction of sp³-hybridized carbons (Fsp3) is 0.182. The molecule has 0 radical (unpaired) electrons. The minimum Gasteiger partial charge on any atom is -0.293 e. The van der Waals surface area contributed by atoms with Gasteiger partial charge in [-0.05, 0) is 23.9 Å². The highest BCUT2D eigenvalue weighted by atomic mass is 32.1. The maximum atomic E-state index is 11.6. The van der Waals surface area contributed by atoms with Gasteiger partial charge in [-0.15, -0.1) is 29.3 Å². The maximum absolute atomic E-state index is 11.6. The van der Waals surface area contributed by atoms with E-state index in [2.05, 4.69) is 18.0 Å². The molecule has 2 heterocycles. The third kappa shape index (κ3) is 1.79. The standard InChI is InChI=1S/C11H10OS2/c1-2-3-4-8(12)10-7-11-9(14-10)5-6-13-11/h2,5-7H,1,3-4H2. The molecule has 0 spiro atoms. The molecule has 1 nitrogen and oxygen atoms in total. The number of allylic oxidation sites excluding steroid dienone is 1. The summed E-state index contributed by atoms with van der Waals surface area (Å²) in [6.45, 7) is 3.61. The summed E-state index contributed by atoms with van der Waals surface area (Å²) >= 11 is 3.28. The van der Waals surface area contributed by atoms with Crippen LogP contribution in [0.1, 0.15) is 22.5 Å². The van der Waals surface area contributed by atoms with E-state index in [-0.39, 0.29) is 5.78 Å². The molecule has 2 aromatic heterocycles. The van der Waals surface area contributed by atoms with Crippen LogP contribution in [0.25, 0.3) is 9.40 Å². The fourth-order valence-corrected chi connectivity index (χ4v) is 3.34. The summed E-state index contributed by atoms with van der Waals surface area (Å²) < 4.78 is 2.44. The van der Waals surface area contributed by atoms with Crippen LogP contribution in [0.3, 0.4) is 0 Å². The molecule has 14 heavy (non-hydrogen) atoms. The Labute approximate surface area is 90.7 Å². The average Bonchev–Trinajstić information content (AvgIpc) is 2.72. The lowest BCUT2D eigenvalue weighted by atomic mass is 10.2. The molecule has 0 saturated carbocycles. The van der Waals surface area contributed by atoms with Crippen LogP contribution in [-0.4, -0.2) is 5.78 Å². The molecule has 0 aliphatic heterocycles. The van der Waals surface area contributed by atoms with E-state index < -0.39 is 0 Å². The highest BCUT2D eigenvalue weighted by Gasteiger charge is 2.09. The monoisotopic (exact) mass is 222 g/mol. The van der Waals surface area contributed by atoms with E-state index in [1.807, 2.05) is 6.07 Å². The van der Waals surface area contributed by atoms with Gasteiger partial charge in [0.1, 0.15) is 0 Å². The Morgan fingerprint density at radius 2 is 2.36 bits per heavy atom. The summed E-state index contributed by atoms with van der Waals surface area (Å²) in [5, 5.41) is 2.05. The van der Waals surface area contributed by atoms with Gasteiger partial charge in [-0.1, -0.05) is 6.08 Å². The molecule has 2 rings (SSSR count). The van der Waals surface area contributed by atoms with E-state index in [9.17, 15) is 4.79 Å². The molecule has 0 fully saturated rings. The SMILES string of the molecule is C=CCCC(=O)c1cc2sccc2s1. The summed E-state index contributed by atoms with van der Waals surface area (Å²) in [4.78, 5) is 12.5. The molecular weight excluding hydrogens is 212 g/mol. The summed E-state index contributed by atoms with van der Waals surface area (Å²) in [5.74, 6) is 0.235. The minimum absolute atomic E-state index is 0.235. The molecule has 0 aliphatic rings. The Hall–Kier alpha value is -0.930. The quantitative estimate of drug-likeness (QED) is 0.562. The van der Waals surface area contributed by atoms with Crippen LogP contribution in [0, 0.1) is 0 Å². The zero-order valence-electron chi connectivity index (χ0n) is 7.66. The van der Waals surface area contributed by atoms with Crippen LogP contribution in [0.5, 0.6) is 0 Å². The predicted molar refractivity (Wildman–Crippen MR) is 63.5 cm³/mol. The van der Waals surface area contributed by atoms with E-state index in [4.69, 9.17) is 0 Å². The first kappa shape index (κ1) is 9.62. The van der Waals surface area contributed by atoms with Gasteiger partial charge >= 0.3 is 0 Å². The van der Waals surface area contributed by atoms with Crippen molar-refractivity contribution in [3.8, 4) is 0 Å². The molecule has 2 aromatic rings. The van der Waals surface area contributed by atoms with Crippen molar-refractivity contribution < 1.29 is 4.79 Å². The van der Waals surface area contributed by atoms with Crippen LogP contribution >= 0.6 is 22.7 Å². The van der Waals surface area contributed by atoms with E-state index in [1.165, 1.54) is 9.40 Å². The average molecular weight is 222 g/mol. The van der Waals surface area contributed by atoms with Crippen LogP contribution in [-0.2, 0) is 0 Å². The topological polar surface area (TPSA) is 17.1 Å². The van der Waals surface area contributed by atoms with Crippen molar-refractivity contribution in [1.29, 1.82) is 0 Å². The number of Topliss-reactive ketones (excluding diaryl/α,β-unsaturated/α-hetero) is 1. The van der Waals surface area contributed by atoms with Crippen LogP contribution in [0.4, 0.5) is 0 Å². The number of rotatable bonds is 4. The molecule has 3 heteroatoms. The van der Waals surface area contributed by atoms with Gasteiger partial charge < -0.3 is 0 Å². The third-order valence-corrected chi connectivity index (χ3v) is 4.12. The largest absolute Gasteiger partial charge is 0.293 e. The van der Waals surface area contributed by atoms with E-state index in [0.29, 0.717) is 6.42 Å². The summed E-state index contributed by atoms with van der Waals surface area (Å²) in [5.41, 5.74) is 0. The minimum atomic E-state index is 0.235. The molecular formula is C11H10OS2. The first-order valence-electron chi connectivity index (χ1n) is 4.42. The predicted octanol–water partition coefficient (Wildman–Crippen LogP) is 4.11. The fourth-order valence-electron chi connectivity index (χ4n) is 1.26. The van der Waals surface area contributed by atoms with Gasteiger partial charge in [-0.2, -0.15) is 0 Å². The molecule has 0 unspecified atom stereocenters. The van der Waals surface area contributed by atoms with E-state index >= 15 is 0 Å². The summed E-state index contributed by atoms with van der Waals surface area (Å²) in [6.07, 6.45) is 3.13. The normalized spacial score (nSPS) is 10.6. The number of hydrogen-bond acceptors (Lipinski definition) is 3. The molecule has 0 N–H and O–H groups in total. The molecule has 0 bridgehead atoms. The second kappa shape index (κ2) is 4.07. The second-order valence-corrected chi connectivity index (χ2v) is 5.04. The molecule has 0 amide bonds. The van der Waals surface area contributed by atoms with Gasteiger partial charge in [0.15, 0.2) is 5.78 Å². The number of fused-ring (bicyclic) bond motifs is 1. The first-order chi connectivity index (χ1) is 6.81. The summed E-state index contributed by atoms with van der Waals surface area (Å²) in [6, 6.07) is 4.06. The van der Waals surface area contributed by atoms with Gasteiger partial charge in [0.2, 0.25) is 0 Å². The Balaban J connectivity index is 2.21. The van der Waals surface area contributed by atoms with Crippen molar-refractivity contribution in [2.75, 3.05) is 0 Å². The number of hydrogen-bond donors (Lipinski definition) is 0. The van der Waals surface area contributed by atoms with Gasteiger partial charge in [0.25, 0.3) is 0 Å². The van der Waals surface area contributed by atoms with Gasteiger partial charge in [-0.25, -0.2) is 0 Å². The Bertz CT molecular complexity index is 436. The van der Waals surface area contributed by atoms with E-state index in [1.54, 1.807) is 28.7 Å². The maximum Gasteiger partial charge on any atom is 0.173 e. The van der Waals surface area contributed by atoms with Crippen molar-refractivity contribution in [3.63, 3.8) is 0 Å². The summed E-state index contributed by atoms with van der Waals surface area (Å²) in [7, 11) is 0. The molecule has 0 atom stereocenters. The van der Waals surface area contributed by atoms with E-state index in [0.717, 1.165) is 11.3 Å². The first-order valence-corrected chi connectivity index (χ1v) is 6.12. The highest BCUT2D eigenvalue weighted by molar-refractivity contribution is 7.27. The Kier molecular flexibility index (Phi) is 2.79. The lowest BCUT2D eigenvalue weighted by Gasteiger charge is -1.92. The van der Waals surface area contributed by atoms with Gasteiger partial charge in [0, 0.05) is 15.8 Å². The highest BCUT2D eigenvalue weighted by Crippen LogP contribution is 2.30. The smallest absolute Gasteiger partial charge is 0.173 e. The molecule has 72 valence electrons. The third-order valence-electron chi connectivity index (χ3n) is 1.99. The van der Waals surface area contributed by atoms with Gasteiger partial charge in [0.05, 0.1) is 4.88 Å². The van der Waals surface area contributed by atoms with Crippen molar-refractivity contribution in [1.82, 2.24) is 0 Å². The number of thiophene rings is 2. The Morgan fingerprint density at radius 1 is 1.50 bits per heavy atom. The number of carbonyl (C=O) groups is 1. The number of carbonyl (C=O) groups excluding carboxylic acids is 1. The molecule has 0 aromatic carbocycles. The molecule has 0 saturated heterocycles. The van der Waals surface area contributed by atoms with Crippen molar-refractivity contribution in [2.45, 2.75) is 12.8 Å². The zero-order chi connectivity index (χ0) is 9.97. The van der Waals surface area contributed by atoms with Crippen LogP contribution in [0.15, 0.2) is 30.2 Å². The molecule has 0 aliphatic carbocycles. The number of ketones is 1. The lowest BCUT2D eigenvalue weighted by molar-refractivity contribution is 0.0987. The Morgan fingerprint density at radius 3 is 3.07 bits per heavy atom. The van der Waals surface area contributed by atoms with Crippen molar-refractivity contribution >= 4 is 37.9 Å². The lowest BCUT2D eigenvalue weighted by Crippen LogP contribution is -1.93.